The van der Waals surface area contributed by atoms with Crippen molar-refractivity contribution >= 4 is 17.5 Å². The van der Waals surface area contributed by atoms with Crippen LogP contribution in [0.3, 0.4) is 0 Å². The zero-order valence-electron chi connectivity index (χ0n) is 17.0. The molecule has 0 bridgehead atoms. The number of aromatic nitrogens is 2. The van der Waals surface area contributed by atoms with Gasteiger partial charge in [-0.3, -0.25) is 14.4 Å². The van der Waals surface area contributed by atoms with Gasteiger partial charge in [0, 0.05) is 38.6 Å². The Morgan fingerprint density at radius 1 is 1.23 bits per heavy atom. The molecule has 1 saturated heterocycles. The molecule has 1 aromatic carbocycles. The molecule has 1 atom stereocenters. The standard InChI is InChI=1S/C21H23ClF4N4O/c1-13(30-18(15-5-6-15)17(22)19(27-30)21(24,25)26)20(31)29-9-7-28(8-10-29)12-14-3-2-4-16(23)11-14/h2-4,11,13,15H,5-10,12H2,1H3. The summed E-state index contributed by atoms with van der Waals surface area (Å²) in [5, 5.41) is 3.31. The van der Waals surface area contributed by atoms with Gasteiger partial charge < -0.3 is 4.90 Å². The fourth-order valence-electron chi connectivity index (χ4n) is 4.02. The lowest BCUT2D eigenvalue weighted by Gasteiger charge is -2.36. The summed E-state index contributed by atoms with van der Waals surface area (Å²) in [5.41, 5.74) is 0.0308. The molecule has 168 valence electrons. The van der Waals surface area contributed by atoms with Crippen LogP contribution in [0.25, 0.3) is 0 Å². The molecule has 2 aromatic rings. The molecular formula is C21H23ClF4N4O. The van der Waals surface area contributed by atoms with Crippen molar-refractivity contribution in [1.82, 2.24) is 19.6 Å². The van der Waals surface area contributed by atoms with Gasteiger partial charge in [-0.15, -0.1) is 0 Å². The van der Waals surface area contributed by atoms with Crippen molar-refractivity contribution in [2.45, 2.75) is 44.4 Å². The van der Waals surface area contributed by atoms with Crippen LogP contribution >= 0.6 is 11.6 Å². The highest BCUT2D eigenvalue weighted by Crippen LogP contribution is 2.47. The van der Waals surface area contributed by atoms with Crippen LogP contribution in [0.15, 0.2) is 24.3 Å². The highest BCUT2D eigenvalue weighted by Gasteiger charge is 2.43. The monoisotopic (exact) mass is 458 g/mol. The molecule has 2 fully saturated rings. The smallest absolute Gasteiger partial charge is 0.338 e. The minimum absolute atomic E-state index is 0.0885. The number of piperazine rings is 1. The third-order valence-electron chi connectivity index (χ3n) is 5.82. The number of carbonyl (C=O) groups is 1. The first kappa shape index (κ1) is 22.1. The summed E-state index contributed by atoms with van der Waals surface area (Å²) in [6.07, 6.45) is -3.19. The molecule has 1 aliphatic heterocycles. The van der Waals surface area contributed by atoms with Crippen LogP contribution in [0.1, 0.15) is 48.7 Å². The molecule has 0 radical (unpaired) electrons. The minimum atomic E-state index is -4.67. The zero-order valence-corrected chi connectivity index (χ0v) is 17.8. The second kappa shape index (κ2) is 8.43. The lowest BCUT2D eigenvalue weighted by atomic mass is 10.1. The number of alkyl halides is 3. The van der Waals surface area contributed by atoms with Crippen LogP contribution in [0.2, 0.25) is 5.02 Å². The maximum Gasteiger partial charge on any atom is 0.436 e. The fourth-order valence-corrected chi connectivity index (χ4v) is 4.40. The second-order valence-electron chi connectivity index (χ2n) is 8.17. The Kier molecular flexibility index (Phi) is 6.00. The molecule has 0 spiro atoms. The molecule has 1 unspecified atom stereocenters. The first-order valence-corrected chi connectivity index (χ1v) is 10.6. The predicted molar refractivity (Wildman–Crippen MR) is 107 cm³/mol. The predicted octanol–water partition coefficient (Wildman–Crippen LogP) is 4.48. The summed E-state index contributed by atoms with van der Waals surface area (Å²) in [6.45, 7) is 4.22. The second-order valence-corrected chi connectivity index (χ2v) is 8.55. The third kappa shape index (κ3) is 4.72. The van der Waals surface area contributed by atoms with Crippen molar-refractivity contribution in [2.24, 2.45) is 0 Å². The van der Waals surface area contributed by atoms with Gasteiger partial charge in [-0.2, -0.15) is 18.3 Å². The van der Waals surface area contributed by atoms with Crippen molar-refractivity contribution in [1.29, 1.82) is 0 Å². The van der Waals surface area contributed by atoms with Crippen LogP contribution in [-0.4, -0.2) is 51.7 Å². The number of hydrogen-bond donors (Lipinski definition) is 0. The Balaban J connectivity index is 1.44. The number of halogens is 5. The van der Waals surface area contributed by atoms with Crippen molar-refractivity contribution in [3.05, 3.63) is 52.1 Å². The van der Waals surface area contributed by atoms with E-state index in [1.165, 1.54) is 16.8 Å². The van der Waals surface area contributed by atoms with Gasteiger partial charge in [0.05, 0.1) is 10.7 Å². The summed E-state index contributed by atoms with van der Waals surface area (Å²) in [4.78, 5) is 16.8. The fraction of sp³-hybridized carbons (Fsp3) is 0.524. The molecule has 1 saturated carbocycles. The lowest BCUT2D eigenvalue weighted by Crippen LogP contribution is -2.50. The highest BCUT2D eigenvalue weighted by molar-refractivity contribution is 6.32. The van der Waals surface area contributed by atoms with E-state index in [1.54, 1.807) is 17.9 Å². The van der Waals surface area contributed by atoms with Crippen LogP contribution < -0.4 is 0 Å². The van der Waals surface area contributed by atoms with Gasteiger partial charge in [-0.1, -0.05) is 23.7 Å². The van der Waals surface area contributed by atoms with Gasteiger partial charge >= 0.3 is 6.18 Å². The summed E-state index contributed by atoms with van der Waals surface area (Å²) in [5.74, 6) is -0.655. The van der Waals surface area contributed by atoms with Gasteiger partial charge in [0.2, 0.25) is 5.91 Å². The van der Waals surface area contributed by atoms with E-state index in [4.69, 9.17) is 11.6 Å². The zero-order chi connectivity index (χ0) is 22.3. The summed E-state index contributed by atoms with van der Waals surface area (Å²) < 4.78 is 54.5. The van der Waals surface area contributed by atoms with E-state index in [9.17, 15) is 22.4 Å². The number of hydrogen-bond acceptors (Lipinski definition) is 3. The van der Waals surface area contributed by atoms with Gasteiger partial charge in [0.1, 0.15) is 11.9 Å². The van der Waals surface area contributed by atoms with E-state index in [-0.39, 0.29) is 17.6 Å². The molecule has 0 N–H and O–H groups in total. The van der Waals surface area contributed by atoms with E-state index >= 15 is 0 Å². The molecule has 31 heavy (non-hydrogen) atoms. The average molecular weight is 459 g/mol. The minimum Gasteiger partial charge on any atom is -0.338 e. The lowest BCUT2D eigenvalue weighted by molar-refractivity contribution is -0.142. The SMILES string of the molecule is CC(C(=O)N1CCN(Cc2cccc(F)c2)CC1)n1nc(C(F)(F)F)c(Cl)c1C1CC1. The summed E-state index contributed by atoms with van der Waals surface area (Å²) in [6, 6.07) is 5.51. The Labute approximate surface area is 182 Å². The molecule has 5 nitrogen and oxygen atoms in total. The third-order valence-corrected chi connectivity index (χ3v) is 6.20. The Morgan fingerprint density at radius 2 is 1.90 bits per heavy atom. The van der Waals surface area contributed by atoms with Crippen molar-refractivity contribution in [2.75, 3.05) is 26.2 Å². The summed E-state index contributed by atoms with van der Waals surface area (Å²) >= 11 is 6.03. The van der Waals surface area contributed by atoms with Crippen LogP contribution in [-0.2, 0) is 17.5 Å². The van der Waals surface area contributed by atoms with Crippen molar-refractivity contribution in [3.63, 3.8) is 0 Å². The normalized spacial score (nSPS) is 19.0. The van der Waals surface area contributed by atoms with Gasteiger partial charge in [0.15, 0.2) is 5.69 Å². The average Bonchev–Trinajstić information content (AvgIpc) is 3.48. The van der Waals surface area contributed by atoms with E-state index in [0.717, 1.165) is 18.4 Å². The maximum atomic E-state index is 13.4. The van der Waals surface area contributed by atoms with Crippen LogP contribution in [0.5, 0.6) is 0 Å². The molecule has 1 aliphatic carbocycles. The first-order valence-electron chi connectivity index (χ1n) is 10.3. The molecule has 1 aromatic heterocycles. The number of benzene rings is 1. The van der Waals surface area contributed by atoms with Crippen LogP contribution in [0, 0.1) is 5.82 Å². The van der Waals surface area contributed by atoms with Crippen molar-refractivity contribution < 1.29 is 22.4 Å². The largest absolute Gasteiger partial charge is 0.436 e. The number of nitrogens with zero attached hydrogens (tertiary/aromatic N) is 4. The van der Waals surface area contributed by atoms with Crippen molar-refractivity contribution in [3.8, 4) is 0 Å². The quantitative estimate of drug-likeness (QED) is 0.620. The first-order chi connectivity index (χ1) is 14.6. The highest BCUT2D eigenvalue weighted by atomic mass is 35.5. The van der Waals surface area contributed by atoms with E-state index in [2.05, 4.69) is 10.00 Å². The topological polar surface area (TPSA) is 41.4 Å². The molecule has 4 rings (SSSR count). The molecule has 2 heterocycles. The number of rotatable bonds is 5. The Bertz CT molecular complexity index is 965. The molecule has 2 aliphatic rings. The van der Waals surface area contributed by atoms with E-state index in [1.807, 2.05) is 6.07 Å². The van der Waals surface area contributed by atoms with Crippen LogP contribution in [0.4, 0.5) is 17.6 Å². The molecule has 1 amide bonds. The van der Waals surface area contributed by atoms with Gasteiger partial charge in [-0.05, 0) is 37.5 Å². The molecule has 10 heteroatoms. The number of amides is 1. The van der Waals surface area contributed by atoms with E-state index < -0.39 is 22.9 Å². The molecular weight excluding hydrogens is 436 g/mol. The Hall–Kier alpha value is -2.13. The van der Waals surface area contributed by atoms with Gasteiger partial charge in [-0.25, -0.2) is 4.39 Å². The van der Waals surface area contributed by atoms with E-state index in [0.29, 0.717) is 38.4 Å². The maximum absolute atomic E-state index is 13.4. The van der Waals surface area contributed by atoms with Gasteiger partial charge in [0.25, 0.3) is 0 Å². The number of carbonyl (C=O) groups excluding carboxylic acids is 1. The summed E-state index contributed by atoms with van der Waals surface area (Å²) in [7, 11) is 0. The Morgan fingerprint density at radius 3 is 2.48 bits per heavy atom.